The number of primary amides is 1. The maximum absolute atomic E-state index is 13.4. The zero-order valence-corrected chi connectivity index (χ0v) is 22.5. The van der Waals surface area contributed by atoms with Crippen LogP contribution >= 0.6 is 11.6 Å². The number of nitrogens with zero attached hydrogens (tertiary/aromatic N) is 2. The molecule has 9 nitrogen and oxygen atoms in total. The zero-order valence-electron chi connectivity index (χ0n) is 21.7. The number of aromatic nitrogens is 3. The summed E-state index contributed by atoms with van der Waals surface area (Å²) < 4.78 is 7.14. The minimum Gasteiger partial charge on any atom is -0.444 e. The van der Waals surface area contributed by atoms with E-state index in [9.17, 15) is 14.4 Å². The Balaban J connectivity index is 1.44. The van der Waals surface area contributed by atoms with Crippen LogP contribution in [0.3, 0.4) is 0 Å². The van der Waals surface area contributed by atoms with Gasteiger partial charge in [0.05, 0.1) is 17.4 Å². The van der Waals surface area contributed by atoms with Crippen molar-refractivity contribution in [3.63, 3.8) is 0 Å². The Morgan fingerprint density at radius 2 is 1.85 bits per heavy atom. The Bertz CT molecular complexity index is 1630. The highest BCUT2D eigenvalue weighted by molar-refractivity contribution is 6.31. The number of benzene rings is 2. The Hall–Kier alpha value is -4.37. The van der Waals surface area contributed by atoms with E-state index in [1.165, 1.54) is 0 Å². The number of anilines is 1. The molecular formula is C29H28ClN5O4. The Labute approximate surface area is 230 Å². The van der Waals surface area contributed by atoms with Crippen LogP contribution in [0.1, 0.15) is 55.1 Å². The lowest BCUT2D eigenvalue weighted by Crippen LogP contribution is -2.27. The van der Waals surface area contributed by atoms with E-state index < -0.39 is 17.6 Å². The first-order valence-corrected chi connectivity index (χ1v) is 12.9. The average Bonchev–Trinajstić information content (AvgIpc) is 3.51. The summed E-state index contributed by atoms with van der Waals surface area (Å²) in [4.78, 5) is 45.2. The lowest BCUT2D eigenvalue weighted by atomic mass is 10.0. The second kappa shape index (κ2) is 10.1. The Morgan fingerprint density at radius 3 is 2.54 bits per heavy atom. The molecule has 2 amide bonds. The zero-order chi connectivity index (χ0) is 27.9. The number of hydrogen-bond acceptors (Lipinski definition) is 5. The van der Waals surface area contributed by atoms with Gasteiger partial charge >= 0.3 is 6.09 Å². The molecule has 1 atom stereocenters. The van der Waals surface area contributed by atoms with Gasteiger partial charge in [0.1, 0.15) is 11.4 Å². The predicted octanol–water partition coefficient (Wildman–Crippen LogP) is 5.54. The monoisotopic (exact) mass is 545 g/mol. The van der Waals surface area contributed by atoms with E-state index in [0.29, 0.717) is 51.8 Å². The smallest absolute Gasteiger partial charge is 0.412 e. The van der Waals surface area contributed by atoms with Gasteiger partial charge in [-0.05, 0) is 75.6 Å². The van der Waals surface area contributed by atoms with Gasteiger partial charge in [-0.2, -0.15) is 0 Å². The molecule has 0 saturated heterocycles. The molecule has 0 bridgehead atoms. The third-order valence-corrected chi connectivity index (χ3v) is 6.68. The fourth-order valence-electron chi connectivity index (χ4n) is 4.75. The molecule has 0 radical (unpaired) electrons. The molecule has 4 aromatic rings. The van der Waals surface area contributed by atoms with Gasteiger partial charge in [0.25, 0.3) is 5.56 Å². The van der Waals surface area contributed by atoms with Gasteiger partial charge in [-0.25, -0.2) is 9.78 Å². The summed E-state index contributed by atoms with van der Waals surface area (Å²) in [7, 11) is 0. The molecule has 0 fully saturated rings. The van der Waals surface area contributed by atoms with Crippen LogP contribution < -0.4 is 16.6 Å². The van der Waals surface area contributed by atoms with Gasteiger partial charge in [-0.15, -0.1) is 0 Å². The summed E-state index contributed by atoms with van der Waals surface area (Å²) in [6.45, 7) is 5.36. The van der Waals surface area contributed by atoms with E-state index in [-0.39, 0.29) is 11.6 Å². The second-order valence-electron chi connectivity index (χ2n) is 10.4. The quantitative estimate of drug-likeness (QED) is 0.303. The van der Waals surface area contributed by atoms with Gasteiger partial charge in [-0.3, -0.25) is 14.9 Å². The van der Waals surface area contributed by atoms with Crippen LogP contribution in [0.25, 0.3) is 22.4 Å². The van der Waals surface area contributed by atoms with Crippen LogP contribution in [0.5, 0.6) is 0 Å². The number of amides is 2. The van der Waals surface area contributed by atoms with Gasteiger partial charge < -0.3 is 20.0 Å². The van der Waals surface area contributed by atoms with Crippen LogP contribution in [0.4, 0.5) is 10.5 Å². The molecule has 0 spiro atoms. The highest BCUT2D eigenvalue weighted by Crippen LogP contribution is 2.35. The van der Waals surface area contributed by atoms with E-state index in [0.717, 1.165) is 11.3 Å². The number of nitrogens with one attached hydrogen (secondary N) is 2. The molecule has 5 rings (SSSR count). The number of aromatic amines is 1. The maximum atomic E-state index is 13.4. The topological polar surface area (TPSA) is 132 Å². The fraction of sp³-hybridized carbons (Fsp3) is 0.241. The molecule has 1 aliphatic rings. The Kier molecular flexibility index (Phi) is 6.78. The van der Waals surface area contributed by atoms with Crippen molar-refractivity contribution in [3.05, 3.63) is 93.3 Å². The molecule has 0 aliphatic carbocycles. The molecule has 10 heteroatoms. The van der Waals surface area contributed by atoms with Crippen molar-refractivity contribution in [3.8, 4) is 22.4 Å². The van der Waals surface area contributed by atoms with Crippen molar-refractivity contribution in [2.24, 2.45) is 5.73 Å². The molecule has 1 unspecified atom stereocenters. The molecule has 0 saturated carbocycles. The SMILES string of the molecule is CC(C)(C)OC(=O)Nc1ccc(Cl)cc1-c1cc2n(c(=O)c1)C(c1nc(-c3ccc(C(N)=O)cc3)c[nH]1)CC2. The van der Waals surface area contributed by atoms with Crippen LogP contribution in [-0.4, -0.2) is 32.1 Å². The van der Waals surface area contributed by atoms with Crippen molar-refractivity contribution in [1.82, 2.24) is 14.5 Å². The highest BCUT2D eigenvalue weighted by Gasteiger charge is 2.28. The minimum absolute atomic E-state index is 0.183. The molecule has 3 heterocycles. The second-order valence-corrected chi connectivity index (χ2v) is 10.9. The number of carbonyl (C=O) groups is 2. The molecule has 2 aromatic carbocycles. The lowest BCUT2D eigenvalue weighted by molar-refractivity contribution is 0.0635. The van der Waals surface area contributed by atoms with E-state index >= 15 is 0 Å². The summed E-state index contributed by atoms with van der Waals surface area (Å²) in [6, 6.07) is 15.2. The number of rotatable bonds is 5. The van der Waals surface area contributed by atoms with Crippen molar-refractivity contribution in [1.29, 1.82) is 0 Å². The standard InChI is InChI=1S/C29H28ClN5O4/c1-29(2,3)39-28(38)34-22-10-8-19(30)14-21(22)18-12-20-9-11-24(35(20)25(36)13-18)27-32-15-23(33-27)16-4-6-17(7-5-16)26(31)37/h4-8,10,12-15,24H,9,11H2,1-3H3,(H2,31,37)(H,32,33)(H,34,38). The van der Waals surface area contributed by atoms with Crippen LogP contribution in [0.2, 0.25) is 5.02 Å². The molecule has 4 N–H and O–H groups in total. The summed E-state index contributed by atoms with van der Waals surface area (Å²) in [5.41, 5.74) is 9.06. The summed E-state index contributed by atoms with van der Waals surface area (Å²) in [5, 5.41) is 3.25. The number of ether oxygens (including phenoxy) is 1. The number of aryl methyl sites for hydroxylation is 1. The summed E-state index contributed by atoms with van der Waals surface area (Å²) in [6.07, 6.45) is 2.56. The van der Waals surface area contributed by atoms with E-state index in [4.69, 9.17) is 27.1 Å². The van der Waals surface area contributed by atoms with Crippen molar-refractivity contribution >= 4 is 29.3 Å². The number of H-pyrrole nitrogens is 1. The van der Waals surface area contributed by atoms with Gasteiger partial charge in [0.15, 0.2) is 0 Å². The number of carbonyl (C=O) groups excluding carboxylic acids is 2. The number of pyridine rings is 1. The first-order chi connectivity index (χ1) is 18.5. The normalized spacial score (nSPS) is 14.6. The molecule has 2 aromatic heterocycles. The number of nitrogens with two attached hydrogens (primary N) is 1. The van der Waals surface area contributed by atoms with Gasteiger partial charge in [0.2, 0.25) is 5.91 Å². The predicted molar refractivity (Wildman–Crippen MR) is 150 cm³/mol. The molecule has 39 heavy (non-hydrogen) atoms. The first-order valence-electron chi connectivity index (χ1n) is 12.5. The minimum atomic E-state index is -0.656. The third-order valence-electron chi connectivity index (χ3n) is 6.44. The first kappa shape index (κ1) is 26.2. The van der Waals surface area contributed by atoms with Crippen LogP contribution in [0.15, 0.2) is 65.6 Å². The van der Waals surface area contributed by atoms with Crippen LogP contribution in [0, 0.1) is 0 Å². The lowest BCUT2D eigenvalue weighted by Gasteiger charge is -2.21. The highest BCUT2D eigenvalue weighted by atomic mass is 35.5. The number of halogens is 1. The molecule has 200 valence electrons. The van der Waals surface area contributed by atoms with E-state index in [1.54, 1.807) is 80.1 Å². The van der Waals surface area contributed by atoms with Crippen molar-refractivity contribution < 1.29 is 14.3 Å². The summed E-state index contributed by atoms with van der Waals surface area (Å²) in [5.74, 6) is 0.184. The van der Waals surface area contributed by atoms with Crippen molar-refractivity contribution in [2.45, 2.75) is 45.3 Å². The maximum Gasteiger partial charge on any atom is 0.412 e. The fourth-order valence-corrected chi connectivity index (χ4v) is 4.92. The Morgan fingerprint density at radius 1 is 1.10 bits per heavy atom. The third kappa shape index (κ3) is 5.58. The van der Waals surface area contributed by atoms with Gasteiger partial charge in [-0.1, -0.05) is 23.7 Å². The van der Waals surface area contributed by atoms with Crippen molar-refractivity contribution in [2.75, 3.05) is 5.32 Å². The number of imidazole rings is 1. The average molecular weight is 546 g/mol. The summed E-state index contributed by atoms with van der Waals surface area (Å²) >= 11 is 6.28. The van der Waals surface area contributed by atoms with Crippen LogP contribution in [-0.2, 0) is 11.2 Å². The molecular weight excluding hydrogens is 518 g/mol. The van der Waals surface area contributed by atoms with E-state index in [1.807, 2.05) is 6.07 Å². The number of hydrogen-bond donors (Lipinski definition) is 3. The number of fused-ring (bicyclic) bond motifs is 1. The molecule has 1 aliphatic heterocycles. The van der Waals surface area contributed by atoms with Gasteiger partial charge in [0, 0.05) is 39.7 Å². The largest absolute Gasteiger partial charge is 0.444 e. The van der Waals surface area contributed by atoms with E-state index in [2.05, 4.69) is 10.3 Å².